The summed E-state index contributed by atoms with van der Waals surface area (Å²) in [6, 6.07) is 31.2. The number of aromatic nitrogens is 2. The number of hydrogen-bond donors (Lipinski definition) is 0. The average molecular weight is 583 g/mol. The Hall–Kier alpha value is -3.52. The van der Waals surface area contributed by atoms with E-state index in [0.29, 0.717) is 0 Å². The second-order valence-electron chi connectivity index (χ2n) is 13.2. The summed E-state index contributed by atoms with van der Waals surface area (Å²) in [5.41, 5.74) is 9.20. The molecule has 0 saturated heterocycles. The van der Waals surface area contributed by atoms with Crippen molar-refractivity contribution >= 4 is 21.8 Å². The molecule has 5 aromatic rings. The standard InChI is InChI=1S/C42H50N2/c1-2-4-6-8-10-12-14-16-18-34-21-25-36(26-22-34)40-32-30-38-28-27-37-29-31-39(43-41(37)42(38)44-40)35-23-19-33(20-24-35)17-15-13-11-9-7-5-3-1/h19-32H,1-18H2. The fourth-order valence-electron chi connectivity index (χ4n) is 6.91. The molecule has 228 valence electrons. The number of pyridine rings is 2. The number of rotatable bonds is 0. The second-order valence-corrected chi connectivity index (χ2v) is 13.2. The van der Waals surface area contributed by atoms with Crippen LogP contribution in [-0.2, 0) is 12.8 Å². The highest BCUT2D eigenvalue weighted by atomic mass is 14.8. The summed E-state index contributed by atoms with van der Waals surface area (Å²) >= 11 is 0. The molecule has 3 aliphatic heterocycles. The smallest absolute Gasteiger partial charge is 0.0972 e. The molecule has 0 amide bonds. The van der Waals surface area contributed by atoms with Crippen molar-refractivity contribution in [3.63, 3.8) is 0 Å². The van der Waals surface area contributed by atoms with E-state index >= 15 is 0 Å². The van der Waals surface area contributed by atoms with Gasteiger partial charge in [0.25, 0.3) is 0 Å². The van der Waals surface area contributed by atoms with Gasteiger partial charge < -0.3 is 0 Å². The van der Waals surface area contributed by atoms with E-state index in [-0.39, 0.29) is 0 Å². The third kappa shape index (κ3) is 8.35. The van der Waals surface area contributed by atoms with Crippen molar-refractivity contribution in [3.05, 3.63) is 96.1 Å². The van der Waals surface area contributed by atoms with Crippen molar-refractivity contribution in [2.75, 3.05) is 0 Å². The average Bonchev–Trinajstić information content (AvgIpc) is 3.07. The predicted octanol–water partition coefficient (Wildman–Crippen LogP) is 12.5. The number of hydrogen-bond acceptors (Lipinski definition) is 2. The molecule has 0 radical (unpaired) electrons. The van der Waals surface area contributed by atoms with Crippen LogP contribution >= 0.6 is 0 Å². The maximum atomic E-state index is 5.17. The summed E-state index contributed by atoms with van der Waals surface area (Å²) in [6.45, 7) is 0. The zero-order valence-electron chi connectivity index (χ0n) is 26.7. The van der Waals surface area contributed by atoms with E-state index < -0.39 is 0 Å². The molecule has 5 heterocycles. The van der Waals surface area contributed by atoms with Crippen LogP contribution in [0.3, 0.4) is 0 Å². The van der Waals surface area contributed by atoms with Gasteiger partial charge in [0, 0.05) is 21.9 Å². The van der Waals surface area contributed by atoms with E-state index in [0.717, 1.165) is 33.2 Å². The summed E-state index contributed by atoms with van der Waals surface area (Å²) in [5.74, 6) is 0. The lowest BCUT2D eigenvalue weighted by Gasteiger charge is -2.09. The van der Waals surface area contributed by atoms with Gasteiger partial charge in [-0.05, 0) is 48.9 Å². The normalized spacial score (nSPS) is 16.8. The molecule has 8 bridgehead atoms. The molecule has 0 aliphatic carbocycles. The molecule has 0 N–H and O–H groups in total. The summed E-state index contributed by atoms with van der Waals surface area (Å²) in [6.07, 6.45) is 24.6. The molecule has 0 fully saturated rings. The minimum Gasteiger partial charge on any atom is -0.245 e. The topological polar surface area (TPSA) is 25.8 Å². The highest BCUT2D eigenvalue weighted by Gasteiger charge is 2.09. The summed E-state index contributed by atoms with van der Waals surface area (Å²) in [4.78, 5) is 10.3. The molecule has 0 atom stereocenters. The van der Waals surface area contributed by atoms with Crippen molar-refractivity contribution < 1.29 is 0 Å². The van der Waals surface area contributed by atoms with Gasteiger partial charge in [-0.15, -0.1) is 0 Å². The maximum absolute atomic E-state index is 5.17. The summed E-state index contributed by atoms with van der Waals surface area (Å²) in [5, 5.41) is 2.27. The van der Waals surface area contributed by atoms with Crippen LogP contribution in [-0.4, -0.2) is 9.97 Å². The molecule has 2 heteroatoms. The highest BCUT2D eigenvalue weighted by Crippen LogP contribution is 2.29. The van der Waals surface area contributed by atoms with Gasteiger partial charge in [0.2, 0.25) is 0 Å². The fraction of sp³-hybridized carbons (Fsp3) is 0.429. The monoisotopic (exact) mass is 582 g/mol. The number of fused-ring (bicyclic) bond motifs is 2. The van der Waals surface area contributed by atoms with Crippen LogP contribution in [0, 0.1) is 0 Å². The molecule has 0 unspecified atom stereocenters. The first-order valence-electron chi connectivity index (χ1n) is 17.7. The highest BCUT2D eigenvalue weighted by molar-refractivity contribution is 6.04. The first-order valence-corrected chi connectivity index (χ1v) is 17.7. The van der Waals surface area contributed by atoms with Gasteiger partial charge in [0.1, 0.15) is 0 Å². The lowest BCUT2D eigenvalue weighted by molar-refractivity contribution is 0.528. The van der Waals surface area contributed by atoms with E-state index in [9.17, 15) is 0 Å². The minimum atomic E-state index is 0.980. The van der Waals surface area contributed by atoms with Crippen molar-refractivity contribution in [1.82, 2.24) is 9.97 Å². The SMILES string of the molecule is c1cc2ccc1CCCCCCCCCCCCCCCCCCc1ccc(cc1)-c1ccc3ccc4ccc-2nc4c3n1. The summed E-state index contributed by atoms with van der Waals surface area (Å²) in [7, 11) is 0. The lowest BCUT2D eigenvalue weighted by Crippen LogP contribution is -1.92. The van der Waals surface area contributed by atoms with Crippen LogP contribution in [0.2, 0.25) is 0 Å². The zero-order valence-corrected chi connectivity index (χ0v) is 26.7. The molecule has 3 aromatic carbocycles. The maximum Gasteiger partial charge on any atom is 0.0972 e. The number of benzene rings is 3. The third-order valence-corrected chi connectivity index (χ3v) is 9.70. The first kappa shape index (κ1) is 30.5. The fourth-order valence-corrected chi connectivity index (χ4v) is 6.91. The zero-order chi connectivity index (χ0) is 29.8. The predicted molar refractivity (Wildman–Crippen MR) is 189 cm³/mol. The Morgan fingerprint density at radius 3 is 0.932 bits per heavy atom. The largest absolute Gasteiger partial charge is 0.245 e. The van der Waals surface area contributed by atoms with Crippen LogP contribution in [0.25, 0.3) is 44.3 Å². The van der Waals surface area contributed by atoms with Gasteiger partial charge in [0.05, 0.1) is 22.4 Å². The Bertz CT molecular complexity index is 1480. The van der Waals surface area contributed by atoms with E-state index in [1.54, 1.807) is 0 Å². The first-order chi connectivity index (χ1) is 21.8. The summed E-state index contributed by atoms with van der Waals surface area (Å²) < 4.78 is 0. The van der Waals surface area contributed by atoms with Crippen LogP contribution in [0.1, 0.15) is 114 Å². The molecular formula is C42H50N2. The Labute approximate surface area is 265 Å². The Morgan fingerprint density at radius 2 is 0.591 bits per heavy atom. The van der Waals surface area contributed by atoms with Crippen LogP contribution in [0.15, 0.2) is 84.9 Å². The van der Waals surface area contributed by atoms with Gasteiger partial charge in [-0.3, -0.25) is 0 Å². The Balaban J connectivity index is 1.19. The lowest BCUT2D eigenvalue weighted by atomic mass is 10.0. The Morgan fingerprint density at radius 1 is 0.295 bits per heavy atom. The number of nitrogens with zero attached hydrogens (tertiary/aromatic N) is 2. The molecule has 44 heavy (non-hydrogen) atoms. The Kier molecular flexibility index (Phi) is 11.1. The van der Waals surface area contributed by atoms with Gasteiger partial charge in [-0.1, -0.05) is 163 Å². The van der Waals surface area contributed by atoms with Gasteiger partial charge in [-0.25, -0.2) is 9.97 Å². The van der Waals surface area contributed by atoms with Gasteiger partial charge in [0.15, 0.2) is 0 Å². The molecule has 2 aromatic heterocycles. The van der Waals surface area contributed by atoms with Gasteiger partial charge in [-0.2, -0.15) is 0 Å². The quantitative estimate of drug-likeness (QED) is 0.170. The second kappa shape index (κ2) is 16.0. The van der Waals surface area contributed by atoms with Crippen LogP contribution in [0.4, 0.5) is 0 Å². The van der Waals surface area contributed by atoms with E-state index in [1.165, 1.54) is 138 Å². The molecule has 0 saturated carbocycles. The van der Waals surface area contributed by atoms with Crippen molar-refractivity contribution in [3.8, 4) is 22.5 Å². The van der Waals surface area contributed by atoms with Gasteiger partial charge >= 0.3 is 0 Å². The van der Waals surface area contributed by atoms with E-state index in [4.69, 9.17) is 9.97 Å². The molecule has 3 aliphatic rings. The van der Waals surface area contributed by atoms with Crippen molar-refractivity contribution in [1.29, 1.82) is 0 Å². The van der Waals surface area contributed by atoms with E-state index in [1.807, 2.05) is 0 Å². The molecule has 8 rings (SSSR count). The van der Waals surface area contributed by atoms with E-state index in [2.05, 4.69) is 84.9 Å². The minimum absolute atomic E-state index is 0.980. The third-order valence-electron chi connectivity index (χ3n) is 9.70. The number of aryl methyl sites for hydroxylation is 2. The van der Waals surface area contributed by atoms with Crippen molar-refractivity contribution in [2.45, 2.75) is 116 Å². The molecular weight excluding hydrogens is 532 g/mol. The van der Waals surface area contributed by atoms with Crippen molar-refractivity contribution in [2.24, 2.45) is 0 Å². The van der Waals surface area contributed by atoms with Crippen LogP contribution in [0.5, 0.6) is 0 Å². The molecule has 2 nitrogen and oxygen atoms in total. The molecule has 0 spiro atoms. The van der Waals surface area contributed by atoms with Crippen LogP contribution < -0.4 is 0 Å².